The fraction of sp³-hybridized carbons (Fsp3) is 0.0323. The number of halogens is 1. The van der Waals surface area contributed by atoms with Gasteiger partial charge in [-0.1, -0.05) is 103 Å². The maximum atomic E-state index is 13.9. The van der Waals surface area contributed by atoms with E-state index in [0.29, 0.717) is 34.1 Å². The van der Waals surface area contributed by atoms with E-state index in [4.69, 9.17) is 16.0 Å². The summed E-state index contributed by atoms with van der Waals surface area (Å²) in [6, 6.07) is 34.8. The molecule has 35 heavy (non-hydrogen) atoms. The SMILES string of the molecule is O=C(c1ccc(Cl)cc1)c1c(Cc2ccccc2)oc(-c2ccccc2)c1C(=O)c1ccccc1. The molecule has 3 nitrogen and oxygen atoms in total. The van der Waals surface area contributed by atoms with E-state index in [0.717, 1.165) is 11.1 Å². The van der Waals surface area contributed by atoms with Crippen LogP contribution < -0.4 is 0 Å². The van der Waals surface area contributed by atoms with Gasteiger partial charge in [-0.2, -0.15) is 0 Å². The summed E-state index contributed by atoms with van der Waals surface area (Å²) in [6.45, 7) is 0. The smallest absolute Gasteiger partial charge is 0.197 e. The van der Waals surface area contributed by atoms with Crippen LogP contribution >= 0.6 is 11.6 Å². The van der Waals surface area contributed by atoms with Crippen LogP contribution in [0.3, 0.4) is 0 Å². The Bertz CT molecular complexity index is 1470. The van der Waals surface area contributed by atoms with Crippen LogP contribution in [0.4, 0.5) is 0 Å². The Balaban J connectivity index is 1.76. The number of furan rings is 1. The normalized spacial score (nSPS) is 10.8. The Morgan fingerprint density at radius 1 is 0.600 bits per heavy atom. The van der Waals surface area contributed by atoms with Crippen molar-refractivity contribution >= 4 is 23.2 Å². The molecule has 1 heterocycles. The lowest BCUT2D eigenvalue weighted by atomic mass is 9.91. The largest absolute Gasteiger partial charge is 0.459 e. The third-order valence-corrected chi connectivity index (χ3v) is 6.07. The third kappa shape index (κ3) is 4.72. The zero-order valence-electron chi connectivity index (χ0n) is 18.8. The maximum absolute atomic E-state index is 13.9. The van der Waals surface area contributed by atoms with Crippen LogP contribution in [-0.2, 0) is 6.42 Å². The summed E-state index contributed by atoms with van der Waals surface area (Å²) in [7, 11) is 0. The number of carbonyl (C=O) groups excluding carboxylic acids is 2. The minimum atomic E-state index is -0.280. The highest BCUT2D eigenvalue weighted by Gasteiger charge is 2.31. The van der Waals surface area contributed by atoms with Gasteiger partial charge in [0.25, 0.3) is 0 Å². The molecule has 0 aliphatic heterocycles. The molecule has 4 aromatic carbocycles. The lowest BCUT2D eigenvalue weighted by Crippen LogP contribution is -2.12. The van der Waals surface area contributed by atoms with E-state index >= 15 is 0 Å². The van der Waals surface area contributed by atoms with Crippen LogP contribution in [0.2, 0.25) is 5.02 Å². The molecule has 4 heteroatoms. The molecule has 0 bridgehead atoms. The second kappa shape index (κ2) is 9.96. The van der Waals surface area contributed by atoms with Crippen LogP contribution in [0.5, 0.6) is 0 Å². The summed E-state index contributed by atoms with van der Waals surface area (Å²) in [5.74, 6) is 0.305. The van der Waals surface area contributed by atoms with Crippen molar-refractivity contribution in [3.05, 3.63) is 154 Å². The van der Waals surface area contributed by atoms with Crippen molar-refractivity contribution in [2.75, 3.05) is 0 Å². The molecule has 0 amide bonds. The molecule has 170 valence electrons. The Kier molecular flexibility index (Phi) is 6.42. The standard InChI is InChI=1S/C31H21ClO3/c32-25-18-16-23(17-19-25)29(33)27-26(20-21-10-4-1-5-11-21)35-31(24-14-8-3-9-15-24)28(27)30(34)22-12-6-2-7-13-22/h1-19H,20H2. The maximum Gasteiger partial charge on any atom is 0.197 e. The molecule has 0 N–H and O–H groups in total. The first-order chi connectivity index (χ1) is 17.1. The van der Waals surface area contributed by atoms with Crippen molar-refractivity contribution < 1.29 is 14.0 Å². The summed E-state index contributed by atoms with van der Waals surface area (Å²) in [6.07, 6.45) is 0.372. The fourth-order valence-corrected chi connectivity index (χ4v) is 4.24. The van der Waals surface area contributed by atoms with Crippen molar-refractivity contribution in [1.82, 2.24) is 0 Å². The highest BCUT2D eigenvalue weighted by Crippen LogP contribution is 2.36. The van der Waals surface area contributed by atoms with Crippen molar-refractivity contribution in [2.45, 2.75) is 6.42 Å². The molecular formula is C31H21ClO3. The molecule has 0 unspecified atom stereocenters. The lowest BCUT2D eigenvalue weighted by Gasteiger charge is -2.07. The topological polar surface area (TPSA) is 47.3 Å². The van der Waals surface area contributed by atoms with Gasteiger partial charge in [0.15, 0.2) is 11.6 Å². The number of ketones is 2. The van der Waals surface area contributed by atoms with Crippen LogP contribution in [0, 0.1) is 0 Å². The molecule has 0 radical (unpaired) electrons. The highest BCUT2D eigenvalue weighted by atomic mass is 35.5. The Hall–Kier alpha value is -4.21. The summed E-state index contributed by atoms with van der Waals surface area (Å²) in [5, 5.41) is 0.531. The van der Waals surface area contributed by atoms with Crippen molar-refractivity contribution in [1.29, 1.82) is 0 Å². The minimum Gasteiger partial charge on any atom is -0.459 e. The van der Waals surface area contributed by atoms with Gasteiger partial charge in [0.1, 0.15) is 11.5 Å². The molecule has 5 rings (SSSR count). The Morgan fingerprint density at radius 2 is 1.11 bits per heavy atom. The minimum absolute atomic E-state index is 0.259. The van der Waals surface area contributed by atoms with E-state index in [1.165, 1.54) is 0 Å². The molecule has 5 aromatic rings. The number of carbonyl (C=O) groups is 2. The average molecular weight is 477 g/mol. The van der Waals surface area contributed by atoms with Gasteiger partial charge in [-0.3, -0.25) is 9.59 Å². The summed E-state index contributed by atoms with van der Waals surface area (Å²) in [4.78, 5) is 27.8. The van der Waals surface area contributed by atoms with Crippen LogP contribution in [-0.4, -0.2) is 11.6 Å². The lowest BCUT2D eigenvalue weighted by molar-refractivity contribution is 0.100. The van der Waals surface area contributed by atoms with Gasteiger partial charge in [-0.05, 0) is 29.8 Å². The Morgan fingerprint density at radius 3 is 1.74 bits per heavy atom. The zero-order chi connectivity index (χ0) is 24.2. The van der Waals surface area contributed by atoms with Crippen LogP contribution in [0.15, 0.2) is 120 Å². The van der Waals surface area contributed by atoms with E-state index < -0.39 is 0 Å². The average Bonchev–Trinajstić information content (AvgIpc) is 3.28. The molecule has 0 fully saturated rings. The second-order valence-corrected chi connectivity index (χ2v) is 8.60. The predicted octanol–water partition coefficient (Wildman–Crippen LogP) is 7.65. The van der Waals surface area contributed by atoms with E-state index in [2.05, 4.69) is 0 Å². The number of rotatable bonds is 7. The first-order valence-corrected chi connectivity index (χ1v) is 11.6. The van der Waals surface area contributed by atoms with Gasteiger partial charge in [-0.25, -0.2) is 0 Å². The molecule has 0 aliphatic rings. The quantitative estimate of drug-likeness (QED) is 0.226. The van der Waals surface area contributed by atoms with Crippen molar-refractivity contribution in [2.24, 2.45) is 0 Å². The van der Waals surface area contributed by atoms with Crippen LogP contribution in [0.25, 0.3) is 11.3 Å². The Labute approximate surface area is 208 Å². The van der Waals surface area contributed by atoms with Crippen molar-refractivity contribution in [3.63, 3.8) is 0 Å². The number of hydrogen-bond donors (Lipinski definition) is 0. The second-order valence-electron chi connectivity index (χ2n) is 8.16. The zero-order valence-corrected chi connectivity index (χ0v) is 19.5. The van der Waals surface area contributed by atoms with E-state index in [9.17, 15) is 9.59 Å². The molecule has 0 saturated heterocycles. The van der Waals surface area contributed by atoms with Gasteiger partial charge in [0, 0.05) is 28.1 Å². The van der Waals surface area contributed by atoms with Gasteiger partial charge in [0.2, 0.25) is 0 Å². The van der Waals surface area contributed by atoms with Gasteiger partial charge in [0.05, 0.1) is 11.1 Å². The highest BCUT2D eigenvalue weighted by molar-refractivity contribution is 6.30. The first-order valence-electron chi connectivity index (χ1n) is 11.3. The van der Waals surface area contributed by atoms with Gasteiger partial charge < -0.3 is 4.42 Å². The van der Waals surface area contributed by atoms with E-state index in [-0.39, 0.29) is 22.7 Å². The molecule has 0 atom stereocenters. The number of hydrogen-bond acceptors (Lipinski definition) is 3. The predicted molar refractivity (Wildman–Crippen MR) is 138 cm³/mol. The molecular weight excluding hydrogens is 456 g/mol. The van der Waals surface area contributed by atoms with Gasteiger partial charge in [-0.15, -0.1) is 0 Å². The molecule has 0 saturated carbocycles. The first kappa shape index (κ1) is 22.6. The third-order valence-electron chi connectivity index (χ3n) is 5.82. The molecule has 1 aromatic heterocycles. The van der Waals surface area contributed by atoms with Gasteiger partial charge >= 0.3 is 0 Å². The van der Waals surface area contributed by atoms with E-state index in [1.54, 1.807) is 48.5 Å². The fourth-order valence-electron chi connectivity index (χ4n) is 4.11. The monoisotopic (exact) mass is 476 g/mol. The summed E-state index contributed by atoms with van der Waals surface area (Å²) < 4.78 is 6.38. The van der Waals surface area contributed by atoms with E-state index in [1.807, 2.05) is 66.7 Å². The van der Waals surface area contributed by atoms with Crippen molar-refractivity contribution in [3.8, 4) is 11.3 Å². The number of benzene rings is 4. The van der Waals surface area contributed by atoms with Crippen LogP contribution in [0.1, 0.15) is 43.2 Å². The summed E-state index contributed by atoms with van der Waals surface area (Å²) in [5.41, 5.74) is 3.19. The molecule has 0 aliphatic carbocycles. The summed E-state index contributed by atoms with van der Waals surface area (Å²) >= 11 is 6.06. The molecule has 0 spiro atoms.